The van der Waals surface area contributed by atoms with Crippen molar-refractivity contribution in [2.75, 3.05) is 10.5 Å². The number of hydrogen-bond donors (Lipinski definition) is 2. The van der Waals surface area contributed by atoms with Gasteiger partial charge in [0.25, 0.3) is 0 Å². The molecule has 10 heteroatoms. The fourth-order valence-corrected chi connectivity index (χ4v) is 3.82. The van der Waals surface area contributed by atoms with Crippen LogP contribution in [0.15, 0.2) is 30.3 Å². The molecule has 2 N–H and O–H groups in total. The van der Waals surface area contributed by atoms with Crippen LogP contribution in [-0.2, 0) is 19.6 Å². The maximum absolute atomic E-state index is 13.5. The van der Waals surface area contributed by atoms with Crippen LogP contribution in [0.3, 0.4) is 0 Å². The zero-order valence-corrected chi connectivity index (χ0v) is 18.9. The molecule has 0 amide bonds. The number of nitrogens with one attached hydrogen (secondary N) is 1. The Morgan fingerprint density at radius 2 is 1.97 bits per heavy atom. The summed E-state index contributed by atoms with van der Waals surface area (Å²) in [6.45, 7) is 5.30. The lowest BCUT2D eigenvalue weighted by Crippen LogP contribution is -2.31. The molecule has 0 radical (unpaired) electrons. The zero-order chi connectivity index (χ0) is 23.5. The zero-order valence-electron chi connectivity index (χ0n) is 18.1. The molecule has 0 aliphatic carbocycles. The molecule has 2 unspecified atom stereocenters. The molecule has 0 bridgehead atoms. The number of sulfonamides is 1. The van der Waals surface area contributed by atoms with E-state index >= 15 is 0 Å². The third-order valence-electron chi connectivity index (χ3n) is 4.93. The number of aliphatic hydroxyl groups excluding tert-OH is 1. The fraction of sp³-hybridized carbons (Fsp3) is 0.409. The van der Waals surface area contributed by atoms with Gasteiger partial charge in [-0.05, 0) is 43.2 Å². The van der Waals surface area contributed by atoms with Crippen LogP contribution in [0.2, 0.25) is 0 Å². The molecule has 0 spiro atoms. The number of benzene rings is 1. The Kier molecular flexibility index (Phi) is 7.25. The first-order valence-corrected chi connectivity index (χ1v) is 12.0. The van der Waals surface area contributed by atoms with Gasteiger partial charge >= 0.3 is 5.97 Å². The van der Waals surface area contributed by atoms with E-state index in [1.807, 2.05) is 13.8 Å². The Morgan fingerprint density at radius 3 is 2.56 bits per heavy atom. The van der Waals surface area contributed by atoms with E-state index in [2.05, 4.69) is 14.7 Å². The van der Waals surface area contributed by atoms with E-state index in [1.165, 1.54) is 19.1 Å². The molecule has 1 aliphatic rings. The largest absolute Gasteiger partial charge is 0.458 e. The fourth-order valence-electron chi connectivity index (χ4n) is 3.31. The SMILES string of the molecule is CCS(=O)(=O)Nc1nc(-c2ccc(F)cc2)c(C=CC2CC(O)CC(=O)O2)c(C(C)C)n1. The van der Waals surface area contributed by atoms with E-state index in [4.69, 9.17) is 4.74 Å². The van der Waals surface area contributed by atoms with Gasteiger partial charge in [0.2, 0.25) is 16.0 Å². The Bertz CT molecular complexity index is 1120. The summed E-state index contributed by atoms with van der Waals surface area (Å²) in [5.74, 6) is -1.23. The predicted molar refractivity (Wildman–Crippen MR) is 119 cm³/mol. The average Bonchev–Trinajstić information content (AvgIpc) is 2.72. The summed E-state index contributed by atoms with van der Waals surface area (Å²) in [5.41, 5.74) is 2.11. The molecule has 172 valence electrons. The van der Waals surface area contributed by atoms with Gasteiger partial charge < -0.3 is 9.84 Å². The Labute approximate surface area is 186 Å². The first-order valence-electron chi connectivity index (χ1n) is 10.3. The lowest BCUT2D eigenvalue weighted by molar-refractivity contribution is -0.156. The molecule has 2 heterocycles. The van der Waals surface area contributed by atoms with E-state index in [9.17, 15) is 22.7 Å². The normalized spacial score (nSPS) is 19.4. The van der Waals surface area contributed by atoms with Crippen LogP contribution >= 0.6 is 0 Å². The third kappa shape index (κ3) is 5.89. The van der Waals surface area contributed by atoms with Crippen molar-refractivity contribution in [3.8, 4) is 11.3 Å². The number of halogens is 1. The number of esters is 1. The van der Waals surface area contributed by atoms with E-state index in [1.54, 1.807) is 24.3 Å². The van der Waals surface area contributed by atoms with E-state index < -0.39 is 34.0 Å². The van der Waals surface area contributed by atoms with Gasteiger partial charge in [-0.2, -0.15) is 0 Å². The van der Waals surface area contributed by atoms with Crippen molar-refractivity contribution in [3.63, 3.8) is 0 Å². The van der Waals surface area contributed by atoms with Crippen molar-refractivity contribution in [3.05, 3.63) is 47.4 Å². The quantitative estimate of drug-likeness (QED) is 0.605. The molecular formula is C22H26FN3O5S. The van der Waals surface area contributed by atoms with E-state index in [-0.39, 0.29) is 30.5 Å². The lowest BCUT2D eigenvalue weighted by atomic mass is 9.97. The Balaban J connectivity index is 2.13. The summed E-state index contributed by atoms with van der Waals surface area (Å²) in [4.78, 5) is 20.5. The van der Waals surface area contributed by atoms with Gasteiger partial charge in [-0.1, -0.05) is 19.9 Å². The summed E-state index contributed by atoms with van der Waals surface area (Å²) in [7, 11) is -3.61. The monoisotopic (exact) mass is 463 g/mol. The van der Waals surface area contributed by atoms with Gasteiger partial charge in [0.1, 0.15) is 11.9 Å². The highest BCUT2D eigenvalue weighted by atomic mass is 32.2. The van der Waals surface area contributed by atoms with Crippen LogP contribution in [0.1, 0.15) is 50.8 Å². The minimum absolute atomic E-state index is 0.0439. The standard InChI is InChI=1S/C22H26FN3O5S/c1-4-32(29,30)26-22-24-20(13(2)3)18(10-9-17-11-16(27)12-19(28)31-17)21(25-22)14-5-7-15(23)8-6-14/h5-10,13,16-17,27H,4,11-12H2,1-3H3,(H,24,25,26). The molecule has 1 aromatic carbocycles. The van der Waals surface area contributed by atoms with Crippen LogP contribution in [-0.4, -0.2) is 47.4 Å². The average molecular weight is 464 g/mol. The smallest absolute Gasteiger partial charge is 0.309 e. The van der Waals surface area contributed by atoms with Gasteiger partial charge in [-0.25, -0.2) is 22.8 Å². The van der Waals surface area contributed by atoms with Crippen molar-refractivity contribution in [2.45, 2.75) is 51.7 Å². The molecule has 2 atom stereocenters. The maximum atomic E-state index is 13.5. The number of nitrogens with zero attached hydrogens (tertiary/aromatic N) is 2. The molecule has 1 fully saturated rings. The molecular weight excluding hydrogens is 437 g/mol. The number of aromatic nitrogens is 2. The van der Waals surface area contributed by atoms with Crippen LogP contribution in [0, 0.1) is 5.82 Å². The highest BCUT2D eigenvalue weighted by Crippen LogP contribution is 2.31. The number of carbonyl (C=O) groups excluding carboxylic acids is 1. The summed E-state index contributed by atoms with van der Waals surface area (Å²) in [5, 5.41) is 9.86. The van der Waals surface area contributed by atoms with Gasteiger partial charge in [-0.3, -0.25) is 9.52 Å². The number of anilines is 1. The minimum atomic E-state index is -3.61. The number of aliphatic hydroxyl groups is 1. The minimum Gasteiger partial charge on any atom is -0.458 e. The number of cyclic esters (lactones) is 1. The molecule has 1 saturated heterocycles. The second kappa shape index (κ2) is 9.74. The lowest BCUT2D eigenvalue weighted by Gasteiger charge is -2.23. The summed E-state index contributed by atoms with van der Waals surface area (Å²) in [6, 6.07) is 5.66. The van der Waals surface area contributed by atoms with Crippen LogP contribution in [0.5, 0.6) is 0 Å². The van der Waals surface area contributed by atoms with Gasteiger partial charge in [0, 0.05) is 17.5 Å². The van der Waals surface area contributed by atoms with Crippen molar-refractivity contribution in [1.82, 2.24) is 9.97 Å². The predicted octanol–water partition coefficient (Wildman–Crippen LogP) is 3.25. The van der Waals surface area contributed by atoms with Gasteiger partial charge in [-0.15, -0.1) is 0 Å². The van der Waals surface area contributed by atoms with Crippen LogP contribution < -0.4 is 4.72 Å². The van der Waals surface area contributed by atoms with Crippen molar-refractivity contribution >= 4 is 28.0 Å². The van der Waals surface area contributed by atoms with E-state index in [0.717, 1.165) is 0 Å². The highest BCUT2D eigenvalue weighted by Gasteiger charge is 2.26. The first-order chi connectivity index (χ1) is 15.1. The molecule has 3 rings (SSSR count). The number of carbonyl (C=O) groups is 1. The summed E-state index contributed by atoms with van der Waals surface area (Å²) < 4.78 is 45.4. The maximum Gasteiger partial charge on any atom is 0.309 e. The Hall–Kier alpha value is -2.85. The Morgan fingerprint density at radius 1 is 1.28 bits per heavy atom. The molecule has 8 nitrogen and oxygen atoms in total. The molecule has 32 heavy (non-hydrogen) atoms. The summed E-state index contributed by atoms with van der Waals surface area (Å²) >= 11 is 0. The van der Waals surface area contributed by atoms with Gasteiger partial charge in [0.05, 0.1) is 29.7 Å². The first kappa shape index (κ1) is 23.8. The van der Waals surface area contributed by atoms with E-state index in [0.29, 0.717) is 22.5 Å². The second-order valence-electron chi connectivity index (χ2n) is 7.84. The van der Waals surface area contributed by atoms with Crippen LogP contribution in [0.4, 0.5) is 10.3 Å². The molecule has 1 aliphatic heterocycles. The number of ether oxygens (including phenoxy) is 1. The summed E-state index contributed by atoms with van der Waals surface area (Å²) in [6.07, 6.45) is 2.16. The molecule has 1 aromatic heterocycles. The molecule has 2 aromatic rings. The van der Waals surface area contributed by atoms with Crippen molar-refractivity contribution in [2.24, 2.45) is 0 Å². The number of hydrogen-bond acceptors (Lipinski definition) is 7. The molecule has 0 saturated carbocycles. The topological polar surface area (TPSA) is 118 Å². The number of rotatable bonds is 7. The van der Waals surface area contributed by atoms with Crippen molar-refractivity contribution in [1.29, 1.82) is 0 Å². The second-order valence-corrected chi connectivity index (χ2v) is 9.85. The van der Waals surface area contributed by atoms with Gasteiger partial charge in [0.15, 0.2) is 0 Å². The van der Waals surface area contributed by atoms with Crippen molar-refractivity contribution < 1.29 is 27.4 Å². The third-order valence-corrected chi connectivity index (χ3v) is 6.19. The van der Waals surface area contributed by atoms with Crippen LogP contribution in [0.25, 0.3) is 17.3 Å². The highest BCUT2D eigenvalue weighted by molar-refractivity contribution is 7.92.